The number of rotatable bonds is 7. The van der Waals surface area contributed by atoms with Crippen LogP contribution in [0.4, 0.5) is 0 Å². The van der Waals surface area contributed by atoms with E-state index in [0.29, 0.717) is 19.0 Å². The number of fused-ring (bicyclic) bond motifs is 1. The fourth-order valence-corrected chi connectivity index (χ4v) is 2.95. The Morgan fingerprint density at radius 1 is 1.40 bits per heavy atom. The number of benzene rings is 1. The quantitative estimate of drug-likeness (QED) is 0.774. The Hall–Kier alpha value is -1.39. The molecular weight excluding hydrogens is 254 g/mol. The highest BCUT2D eigenvalue weighted by atomic mass is 16.5. The van der Waals surface area contributed by atoms with E-state index < -0.39 is 0 Å². The van der Waals surface area contributed by atoms with E-state index >= 15 is 0 Å². The molecule has 0 spiro atoms. The Bertz CT molecular complexity index is 447. The van der Waals surface area contributed by atoms with Crippen molar-refractivity contribution in [1.29, 1.82) is 0 Å². The molecule has 1 aliphatic carbocycles. The number of nitrogens with zero attached hydrogens (tertiary/aromatic N) is 1. The maximum absolute atomic E-state index is 11.4. The maximum atomic E-state index is 11.4. The monoisotopic (exact) mass is 277 g/mol. The zero-order chi connectivity index (χ0) is 14.4. The van der Waals surface area contributed by atoms with Crippen molar-refractivity contribution in [2.75, 3.05) is 26.8 Å². The average molecular weight is 277 g/mol. The second kappa shape index (κ2) is 7.41. The van der Waals surface area contributed by atoms with Crippen LogP contribution in [0.25, 0.3) is 0 Å². The topological polar surface area (TPSA) is 49.8 Å². The van der Waals surface area contributed by atoms with E-state index in [2.05, 4.69) is 29.2 Å². The van der Waals surface area contributed by atoms with Crippen LogP contribution in [-0.2, 0) is 16.0 Å². The Morgan fingerprint density at radius 2 is 2.20 bits per heavy atom. The van der Waals surface area contributed by atoms with E-state index in [-0.39, 0.29) is 12.6 Å². The first-order valence-corrected chi connectivity index (χ1v) is 7.25. The predicted octanol–water partition coefficient (Wildman–Crippen LogP) is 1.92. The summed E-state index contributed by atoms with van der Waals surface area (Å²) in [6.45, 7) is 1.68. The molecule has 20 heavy (non-hydrogen) atoms. The van der Waals surface area contributed by atoms with Crippen LogP contribution in [-0.4, -0.2) is 42.8 Å². The van der Waals surface area contributed by atoms with Gasteiger partial charge in [-0.25, -0.2) is 0 Å². The van der Waals surface area contributed by atoms with Gasteiger partial charge in [0.25, 0.3) is 0 Å². The van der Waals surface area contributed by atoms with Gasteiger partial charge in [0.15, 0.2) is 0 Å². The van der Waals surface area contributed by atoms with Gasteiger partial charge in [-0.2, -0.15) is 0 Å². The summed E-state index contributed by atoms with van der Waals surface area (Å²) in [5.74, 6) is -0.176. The van der Waals surface area contributed by atoms with Crippen molar-refractivity contribution in [3.05, 3.63) is 35.4 Å². The van der Waals surface area contributed by atoms with Crippen LogP contribution < -0.4 is 0 Å². The SMILES string of the molecule is COC(=O)CCN(CCCO)C1CCc2ccccc21. The minimum atomic E-state index is -0.176. The molecule has 0 aromatic heterocycles. The molecule has 1 unspecified atom stereocenters. The Balaban J connectivity index is 2.05. The lowest BCUT2D eigenvalue weighted by molar-refractivity contribution is -0.141. The molecule has 4 nitrogen and oxygen atoms in total. The van der Waals surface area contributed by atoms with Crippen molar-refractivity contribution in [2.24, 2.45) is 0 Å². The summed E-state index contributed by atoms with van der Waals surface area (Å²) in [4.78, 5) is 13.7. The van der Waals surface area contributed by atoms with Crippen LogP contribution in [0.3, 0.4) is 0 Å². The lowest BCUT2D eigenvalue weighted by Gasteiger charge is -2.29. The lowest BCUT2D eigenvalue weighted by Crippen LogP contribution is -2.31. The van der Waals surface area contributed by atoms with Crippen molar-refractivity contribution in [1.82, 2.24) is 4.90 Å². The van der Waals surface area contributed by atoms with Gasteiger partial charge >= 0.3 is 5.97 Å². The van der Waals surface area contributed by atoms with Crippen LogP contribution in [0.5, 0.6) is 0 Å². The number of carbonyl (C=O) groups excluding carboxylic acids is 1. The van der Waals surface area contributed by atoms with Crippen molar-refractivity contribution >= 4 is 5.97 Å². The predicted molar refractivity (Wildman–Crippen MR) is 77.4 cm³/mol. The van der Waals surface area contributed by atoms with Crippen LogP contribution in [0.15, 0.2) is 24.3 Å². The molecule has 1 aromatic rings. The van der Waals surface area contributed by atoms with E-state index in [9.17, 15) is 4.79 Å². The lowest BCUT2D eigenvalue weighted by atomic mass is 10.1. The van der Waals surface area contributed by atoms with Crippen LogP contribution in [0.1, 0.15) is 36.4 Å². The molecule has 1 aliphatic rings. The Labute approximate surface area is 120 Å². The first-order valence-electron chi connectivity index (χ1n) is 7.25. The van der Waals surface area contributed by atoms with E-state index in [1.54, 1.807) is 0 Å². The molecule has 4 heteroatoms. The molecule has 0 bridgehead atoms. The zero-order valence-corrected chi connectivity index (χ0v) is 12.0. The summed E-state index contributed by atoms with van der Waals surface area (Å²) < 4.78 is 4.72. The largest absolute Gasteiger partial charge is 0.469 e. The summed E-state index contributed by atoms with van der Waals surface area (Å²) in [7, 11) is 1.42. The summed E-state index contributed by atoms with van der Waals surface area (Å²) in [5.41, 5.74) is 2.78. The van der Waals surface area contributed by atoms with Gasteiger partial charge in [-0.05, 0) is 30.4 Å². The standard InChI is InChI=1S/C16H23NO3/c1-20-16(19)9-11-17(10-4-12-18)15-8-7-13-5-2-3-6-14(13)15/h2-3,5-6,15,18H,4,7-12H2,1H3. The highest BCUT2D eigenvalue weighted by molar-refractivity contribution is 5.69. The molecule has 0 fully saturated rings. The molecule has 0 aliphatic heterocycles. The third kappa shape index (κ3) is 3.58. The summed E-state index contributed by atoms with van der Waals surface area (Å²) in [6.07, 6.45) is 3.32. The molecule has 0 amide bonds. The number of aliphatic hydroxyl groups is 1. The molecule has 2 rings (SSSR count). The van der Waals surface area contributed by atoms with Gasteiger partial charge in [0.05, 0.1) is 13.5 Å². The Kier molecular flexibility index (Phi) is 5.56. The highest BCUT2D eigenvalue weighted by Gasteiger charge is 2.27. The first-order chi connectivity index (χ1) is 9.76. The number of carbonyl (C=O) groups is 1. The number of ether oxygens (including phenoxy) is 1. The van der Waals surface area contributed by atoms with E-state index in [1.165, 1.54) is 18.2 Å². The maximum Gasteiger partial charge on any atom is 0.306 e. The van der Waals surface area contributed by atoms with Crippen molar-refractivity contribution in [2.45, 2.75) is 31.7 Å². The fourth-order valence-electron chi connectivity index (χ4n) is 2.95. The second-order valence-corrected chi connectivity index (χ2v) is 5.19. The number of aryl methyl sites for hydroxylation is 1. The van der Waals surface area contributed by atoms with E-state index in [4.69, 9.17) is 9.84 Å². The molecule has 1 aromatic carbocycles. The van der Waals surface area contributed by atoms with Gasteiger partial charge in [-0.1, -0.05) is 24.3 Å². The number of methoxy groups -OCH3 is 1. The highest BCUT2D eigenvalue weighted by Crippen LogP contribution is 2.35. The molecule has 0 radical (unpaired) electrons. The summed E-state index contributed by atoms with van der Waals surface area (Å²) in [6, 6.07) is 8.87. The van der Waals surface area contributed by atoms with E-state index in [0.717, 1.165) is 25.8 Å². The third-order valence-electron chi connectivity index (χ3n) is 3.98. The molecule has 110 valence electrons. The Morgan fingerprint density at radius 3 is 2.95 bits per heavy atom. The zero-order valence-electron chi connectivity index (χ0n) is 12.0. The third-order valence-corrected chi connectivity index (χ3v) is 3.98. The van der Waals surface area contributed by atoms with Crippen molar-refractivity contribution < 1.29 is 14.6 Å². The van der Waals surface area contributed by atoms with Crippen molar-refractivity contribution in [3.8, 4) is 0 Å². The number of aliphatic hydroxyl groups excluding tert-OH is 1. The molecule has 1 atom stereocenters. The van der Waals surface area contributed by atoms with Crippen LogP contribution in [0.2, 0.25) is 0 Å². The van der Waals surface area contributed by atoms with Gasteiger partial charge in [0.1, 0.15) is 0 Å². The van der Waals surface area contributed by atoms with Gasteiger partial charge < -0.3 is 9.84 Å². The summed E-state index contributed by atoms with van der Waals surface area (Å²) >= 11 is 0. The normalized spacial score (nSPS) is 17.2. The summed E-state index contributed by atoms with van der Waals surface area (Å²) in [5, 5.41) is 9.06. The van der Waals surface area contributed by atoms with Crippen molar-refractivity contribution in [3.63, 3.8) is 0 Å². The fraction of sp³-hybridized carbons (Fsp3) is 0.562. The average Bonchev–Trinajstić information content (AvgIpc) is 2.91. The smallest absolute Gasteiger partial charge is 0.306 e. The first kappa shape index (κ1) is 15.0. The van der Waals surface area contributed by atoms with E-state index in [1.807, 2.05) is 0 Å². The van der Waals surface area contributed by atoms with Crippen LogP contribution >= 0.6 is 0 Å². The molecule has 0 saturated heterocycles. The molecule has 0 heterocycles. The number of esters is 1. The van der Waals surface area contributed by atoms with Gasteiger partial charge in [-0.15, -0.1) is 0 Å². The number of hydrogen-bond donors (Lipinski definition) is 1. The minimum Gasteiger partial charge on any atom is -0.469 e. The van der Waals surface area contributed by atoms with Gasteiger partial charge in [-0.3, -0.25) is 9.69 Å². The van der Waals surface area contributed by atoms with Gasteiger partial charge in [0.2, 0.25) is 0 Å². The molecule has 0 saturated carbocycles. The molecular formula is C16H23NO3. The van der Waals surface area contributed by atoms with Crippen LogP contribution in [0, 0.1) is 0 Å². The number of hydrogen-bond acceptors (Lipinski definition) is 4. The second-order valence-electron chi connectivity index (χ2n) is 5.19. The minimum absolute atomic E-state index is 0.176. The molecule has 1 N–H and O–H groups in total. The van der Waals surface area contributed by atoms with Gasteiger partial charge in [0, 0.05) is 25.7 Å².